The first-order chi connectivity index (χ1) is 6.24. The van der Waals surface area contributed by atoms with Gasteiger partial charge in [0.25, 0.3) is 0 Å². The van der Waals surface area contributed by atoms with Crippen LogP contribution in [0, 0.1) is 0 Å². The maximum atomic E-state index is 10.3. The molecule has 0 aliphatic rings. The molecule has 0 heterocycles. The third-order valence-electron chi connectivity index (χ3n) is 1.57. The van der Waals surface area contributed by atoms with Crippen LogP contribution in [0.25, 0.3) is 5.53 Å². The number of carbonyl (C=O) groups is 1. The second-order valence-electron chi connectivity index (χ2n) is 2.50. The minimum Gasteiger partial charge on any atom is -0.539 e. The largest absolute Gasteiger partial charge is 0.539 e. The van der Waals surface area contributed by atoms with Crippen molar-refractivity contribution in [2.75, 3.05) is 0 Å². The topological polar surface area (TPSA) is 76.5 Å². The van der Waals surface area contributed by atoms with Crippen molar-refractivity contribution in [3.63, 3.8) is 0 Å². The average molecular weight is 175 g/mol. The van der Waals surface area contributed by atoms with Gasteiger partial charge in [-0.05, 0) is 5.56 Å². The molecule has 0 amide bonds. The molecule has 4 nitrogen and oxygen atoms in total. The minimum absolute atomic E-state index is 0.0691. The van der Waals surface area contributed by atoms with E-state index in [1.807, 2.05) is 6.07 Å². The van der Waals surface area contributed by atoms with Crippen LogP contribution in [0.2, 0.25) is 0 Å². The molecule has 0 aliphatic carbocycles. The Morgan fingerprint density at radius 1 is 1.38 bits per heavy atom. The average Bonchev–Trinajstić information content (AvgIpc) is 2.15. The smallest absolute Gasteiger partial charge is 0.318 e. The van der Waals surface area contributed by atoms with E-state index in [1.54, 1.807) is 24.3 Å². The maximum Gasteiger partial charge on any atom is 0.318 e. The molecule has 0 N–H and O–H groups in total. The summed E-state index contributed by atoms with van der Waals surface area (Å²) in [5.41, 5.74) is 8.72. The number of hydrogen-bond acceptors (Lipinski definition) is 2. The first-order valence-electron chi connectivity index (χ1n) is 3.70. The van der Waals surface area contributed by atoms with Gasteiger partial charge in [0.05, 0.1) is 6.42 Å². The summed E-state index contributed by atoms with van der Waals surface area (Å²) in [6.45, 7) is 0. The van der Waals surface area contributed by atoms with Crippen molar-refractivity contribution in [3.05, 3.63) is 41.4 Å². The standard InChI is InChI=1S/C9H8N2O2/c10-11-8(9(12)13)6-7-4-2-1-3-5-7/h1-5H,6H2,(H,12,13)/p-1. The number of aliphatic carboxylic acids is 1. The highest BCUT2D eigenvalue weighted by Crippen LogP contribution is 1.99. The Kier molecular flexibility index (Phi) is 2.95. The summed E-state index contributed by atoms with van der Waals surface area (Å²) in [6.07, 6.45) is 0.0691. The molecule has 1 aromatic carbocycles. The number of nitrogens with zero attached hydrogens (tertiary/aromatic N) is 2. The molecule has 0 unspecified atom stereocenters. The Labute approximate surface area is 75.1 Å². The first-order valence-corrected chi connectivity index (χ1v) is 3.70. The Hall–Kier alpha value is -1.93. The van der Waals surface area contributed by atoms with Crippen molar-refractivity contribution in [2.24, 2.45) is 0 Å². The quantitative estimate of drug-likeness (QED) is 0.357. The SMILES string of the molecule is [N-]=[N+]=C(Cc1ccccc1)C(=O)[O-]. The Bertz CT molecular complexity index is 353. The molecule has 0 saturated heterocycles. The van der Waals surface area contributed by atoms with E-state index in [4.69, 9.17) is 5.53 Å². The van der Waals surface area contributed by atoms with Crippen molar-refractivity contribution in [3.8, 4) is 0 Å². The fraction of sp³-hybridized carbons (Fsp3) is 0.111. The van der Waals surface area contributed by atoms with Crippen molar-refractivity contribution in [1.29, 1.82) is 0 Å². The minimum atomic E-state index is -1.45. The molecule has 0 atom stereocenters. The molecular weight excluding hydrogens is 168 g/mol. The van der Waals surface area contributed by atoms with E-state index in [1.165, 1.54) is 0 Å². The van der Waals surface area contributed by atoms with Crippen molar-refractivity contribution in [2.45, 2.75) is 6.42 Å². The number of carbonyl (C=O) groups excluding carboxylic acids is 1. The summed E-state index contributed by atoms with van der Waals surface area (Å²) in [6, 6.07) is 8.86. The lowest BCUT2D eigenvalue weighted by Gasteiger charge is -1.97. The highest BCUT2D eigenvalue weighted by Gasteiger charge is 2.09. The molecule has 0 bridgehead atoms. The highest BCUT2D eigenvalue weighted by molar-refractivity contribution is 6.32. The van der Waals surface area contributed by atoms with E-state index in [9.17, 15) is 9.90 Å². The summed E-state index contributed by atoms with van der Waals surface area (Å²) in [5, 5.41) is 10.3. The van der Waals surface area contributed by atoms with Crippen molar-refractivity contribution >= 4 is 11.7 Å². The number of hydrogen-bond donors (Lipinski definition) is 0. The van der Waals surface area contributed by atoms with E-state index >= 15 is 0 Å². The molecule has 66 valence electrons. The predicted molar refractivity (Wildman–Crippen MR) is 43.8 cm³/mol. The van der Waals surface area contributed by atoms with Crippen LogP contribution < -0.4 is 5.11 Å². The lowest BCUT2D eigenvalue weighted by Crippen LogP contribution is -2.33. The van der Waals surface area contributed by atoms with Crippen LogP contribution in [0.5, 0.6) is 0 Å². The van der Waals surface area contributed by atoms with Crippen LogP contribution >= 0.6 is 0 Å². The van der Waals surface area contributed by atoms with Crippen LogP contribution in [-0.4, -0.2) is 16.5 Å². The van der Waals surface area contributed by atoms with Crippen LogP contribution in [0.15, 0.2) is 30.3 Å². The zero-order chi connectivity index (χ0) is 9.68. The van der Waals surface area contributed by atoms with E-state index in [2.05, 4.69) is 4.79 Å². The van der Waals surface area contributed by atoms with Gasteiger partial charge in [-0.3, -0.25) is 0 Å². The summed E-state index contributed by atoms with van der Waals surface area (Å²) < 4.78 is 0. The van der Waals surface area contributed by atoms with Crippen molar-refractivity contribution < 1.29 is 14.7 Å². The van der Waals surface area contributed by atoms with Crippen LogP contribution in [0.4, 0.5) is 0 Å². The molecular formula is C9H7N2O2-. The Morgan fingerprint density at radius 2 is 2.00 bits per heavy atom. The lowest BCUT2D eigenvalue weighted by atomic mass is 10.1. The Morgan fingerprint density at radius 3 is 2.46 bits per heavy atom. The maximum absolute atomic E-state index is 10.3. The second kappa shape index (κ2) is 4.18. The van der Waals surface area contributed by atoms with E-state index in [0.29, 0.717) is 0 Å². The van der Waals surface area contributed by atoms with Crippen molar-refractivity contribution in [1.82, 2.24) is 0 Å². The molecule has 13 heavy (non-hydrogen) atoms. The molecule has 0 radical (unpaired) electrons. The third-order valence-corrected chi connectivity index (χ3v) is 1.57. The molecule has 0 saturated carbocycles. The van der Waals surface area contributed by atoms with Gasteiger partial charge >= 0.3 is 5.71 Å². The number of carboxylic acids is 1. The molecule has 0 aromatic heterocycles. The van der Waals surface area contributed by atoms with Gasteiger partial charge in [0.2, 0.25) is 0 Å². The van der Waals surface area contributed by atoms with Gasteiger partial charge in [-0.15, -0.1) is 0 Å². The molecule has 1 aromatic rings. The van der Waals surface area contributed by atoms with Gasteiger partial charge in [-0.2, -0.15) is 4.79 Å². The van der Waals surface area contributed by atoms with Gasteiger partial charge in [-0.1, -0.05) is 30.3 Å². The lowest BCUT2D eigenvalue weighted by molar-refractivity contribution is -0.297. The van der Waals surface area contributed by atoms with Gasteiger partial charge in [0, 0.05) is 0 Å². The van der Waals surface area contributed by atoms with Crippen LogP contribution in [0.1, 0.15) is 5.56 Å². The van der Waals surface area contributed by atoms with Gasteiger partial charge < -0.3 is 15.4 Å². The number of carboxylic acid groups (broad SMARTS) is 1. The zero-order valence-corrected chi connectivity index (χ0v) is 6.80. The molecule has 0 spiro atoms. The van der Waals surface area contributed by atoms with E-state index in [-0.39, 0.29) is 12.1 Å². The molecule has 0 fully saturated rings. The normalized spacial score (nSPS) is 8.92. The van der Waals surface area contributed by atoms with Gasteiger partial charge in [-0.25, -0.2) is 0 Å². The molecule has 4 heteroatoms. The van der Waals surface area contributed by atoms with Crippen LogP contribution in [-0.2, 0) is 11.2 Å². The highest BCUT2D eigenvalue weighted by atomic mass is 16.4. The van der Waals surface area contributed by atoms with Gasteiger partial charge in [0.15, 0.2) is 5.97 Å². The number of benzene rings is 1. The van der Waals surface area contributed by atoms with Crippen LogP contribution in [0.3, 0.4) is 0 Å². The number of rotatable bonds is 3. The fourth-order valence-electron chi connectivity index (χ4n) is 0.938. The Balaban J connectivity index is 2.80. The van der Waals surface area contributed by atoms with E-state index < -0.39 is 5.97 Å². The summed E-state index contributed by atoms with van der Waals surface area (Å²) in [7, 11) is 0. The summed E-state index contributed by atoms with van der Waals surface area (Å²) in [5.74, 6) is -1.45. The summed E-state index contributed by atoms with van der Waals surface area (Å²) in [4.78, 5) is 13.0. The molecule has 1 rings (SSSR count). The molecule has 0 aliphatic heterocycles. The van der Waals surface area contributed by atoms with E-state index in [0.717, 1.165) is 5.56 Å². The monoisotopic (exact) mass is 175 g/mol. The second-order valence-corrected chi connectivity index (χ2v) is 2.50. The third kappa shape index (κ3) is 2.54. The predicted octanol–water partition coefficient (Wildman–Crippen LogP) is -0.350. The zero-order valence-electron chi connectivity index (χ0n) is 6.80. The summed E-state index contributed by atoms with van der Waals surface area (Å²) >= 11 is 0. The fourth-order valence-corrected chi connectivity index (χ4v) is 0.938. The first kappa shape index (κ1) is 9.16. The van der Waals surface area contributed by atoms with Gasteiger partial charge in [0.1, 0.15) is 0 Å².